The Hall–Kier alpha value is -0.450. The van der Waals surface area contributed by atoms with Crippen molar-refractivity contribution in [3.63, 3.8) is 0 Å². The quantitative estimate of drug-likeness (QED) is 0.562. The lowest BCUT2D eigenvalue weighted by Crippen LogP contribution is -1.90. The van der Waals surface area contributed by atoms with Gasteiger partial charge in [0, 0.05) is 9.13 Å². The molecule has 1 aromatic carbocycles. The maximum Gasteiger partial charge on any atom is 0.150 e. The van der Waals surface area contributed by atoms with Crippen LogP contribution in [0.2, 0.25) is 0 Å². The highest BCUT2D eigenvalue weighted by atomic mass is 127. The Balaban J connectivity index is 3.31. The van der Waals surface area contributed by atoms with Gasteiger partial charge in [0.25, 0.3) is 0 Å². The summed E-state index contributed by atoms with van der Waals surface area (Å²) in [7, 11) is 0. The molecule has 0 amide bonds. The first-order valence-electron chi connectivity index (χ1n) is 3.06. The molecule has 0 saturated heterocycles. The Morgan fingerprint density at radius 3 is 2.64 bits per heavy atom. The lowest BCUT2D eigenvalue weighted by Gasteiger charge is -1.99. The Bertz CT molecular complexity index is 273. The van der Waals surface area contributed by atoms with Crippen LogP contribution in [0.25, 0.3) is 0 Å². The molecule has 0 aromatic heterocycles. The minimum Gasteiger partial charge on any atom is -0.298 e. The van der Waals surface area contributed by atoms with Crippen molar-refractivity contribution in [3.05, 3.63) is 32.6 Å². The smallest absolute Gasteiger partial charge is 0.150 e. The van der Waals surface area contributed by atoms with E-state index in [0.717, 1.165) is 0 Å². The van der Waals surface area contributed by atoms with Crippen LogP contribution in [0.5, 0.6) is 0 Å². The normalized spacial score (nSPS) is 9.73. The number of rotatable bonds is 1. The third kappa shape index (κ3) is 1.77. The van der Waals surface area contributed by atoms with Gasteiger partial charge in [-0.3, -0.25) is 4.79 Å². The summed E-state index contributed by atoms with van der Waals surface area (Å²) in [6, 6.07) is 3.06. The zero-order valence-electron chi connectivity index (χ0n) is 5.90. The van der Waals surface area contributed by atoms with Crippen molar-refractivity contribution < 1.29 is 9.18 Å². The minimum atomic E-state index is -0.240. The number of carbonyl (C=O) groups excluding carboxylic acids is 1. The number of hydrogen-bond acceptors (Lipinski definition) is 1. The zero-order chi connectivity index (χ0) is 8.43. The molecule has 11 heavy (non-hydrogen) atoms. The molecule has 0 aliphatic rings. The molecule has 58 valence electrons. The second-order valence-electron chi connectivity index (χ2n) is 2.25. The maximum atomic E-state index is 12.9. The van der Waals surface area contributed by atoms with Gasteiger partial charge in [0.15, 0.2) is 0 Å². The summed E-state index contributed by atoms with van der Waals surface area (Å²) >= 11 is 1.87. The van der Waals surface area contributed by atoms with Crippen molar-refractivity contribution in [1.82, 2.24) is 0 Å². The number of halogens is 2. The fourth-order valence-electron chi connectivity index (χ4n) is 0.821. The van der Waals surface area contributed by atoms with E-state index in [-0.39, 0.29) is 5.82 Å². The van der Waals surface area contributed by atoms with Crippen molar-refractivity contribution in [3.8, 4) is 0 Å². The van der Waals surface area contributed by atoms with Gasteiger partial charge in [-0.1, -0.05) is 0 Å². The summed E-state index contributed by atoms with van der Waals surface area (Å²) in [6.45, 7) is 1.64. The van der Waals surface area contributed by atoms with E-state index in [1.165, 1.54) is 12.1 Å². The predicted octanol–water partition coefficient (Wildman–Crippen LogP) is 2.55. The van der Waals surface area contributed by atoms with Gasteiger partial charge >= 0.3 is 0 Å². The molecule has 0 radical (unpaired) electrons. The van der Waals surface area contributed by atoms with Gasteiger partial charge in [0.2, 0.25) is 0 Å². The first-order chi connectivity index (χ1) is 5.15. The fourth-order valence-corrected chi connectivity index (χ4v) is 1.61. The molecule has 0 N–H and O–H groups in total. The molecule has 0 aliphatic heterocycles. The molecule has 1 rings (SSSR count). The van der Waals surface area contributed by atoms with Crippen molar-refractivity contribution in [2.75, 3.05) is 0 Å². The standard InChI is InChI=1S/C8H6FIO/c1-5-2-6(4-11)3-7(10)8(5)9/h2-4H,1H3. The maximum absolute atomic E-state index is 12.9. The first-order valence-corrected chi connectivity index (χ1v) is 4.14. The van der Waals surface area contributed by atoms with Gasteiger partial charge in [0.05, 0.1) is 0 Å². The molecule has 1 nitrogen and oxygen atoms in total. The first kappa shape index (κ1) is 8.64. The molecule has 0 unspecified atom stereocenters. The molecule has 0 spiro atoms. The summed E-state index contributed by atoms with van der Waals surface area (Å²) in [4.78, 5) is 10.3. The Morgan fingerprint density at radius 1 is 1.55 bits per heavy atom. The van der Waals surface area contributed by atoms with Gasteiger partial charge in [-0.05, 0) is 47.2 Å². The number of aldehydes is 1. The molecule has 0 fully saturated rings. The van der Waals surface area contributed by atoms with E-state index in [2.05, 4.69) is 0 Å². The van der Waals surface area contributed by atoms with E-state index in [1.807, 2.05) is 22.6 Å². The van der Waals surface area contributed by atoms with Crippen LogP contribution in [0.3, 0.4) is 0 Å². The van der Waals surface area contributed by atoms with E-state index < -0.39 is 0 Å². The highest BCUT2D eigenvalue weighted by molar-refractivity contribution is 14.1. The highest BCUT2D eigenvalue weighted by Crippen LogP contribution is 2.16. The van der Waals surface area contributed by atoms with E-state index >= 15 is 0 Å². The lowest BCUT2D eigenvalue weighted by atomic mass is 10.1. The molecular formula is C8H6FIO. The zero-order valence-corrected chi connectivity index (χ0v) is 8.05. The third-order valence-electron chi connectivity index (χ3n) is 1.37. The molecule has 1 aromatic rings. The van der Waals surface area contributed by atoms with Crippen molar-refractivity contribution in [1.29, 1.82) is 0 Å². The second-order valence-corrected chi connectivity index (χ2v) is 3.41. The largest absolute Gasteiger partial charge is 0.298 e. The summed E-state index contributed by atoms with van der Waals surface area (Å²) in [6.07, 6.45) is 0.717. The van der Waals surface area contributed by atoms with Gasteiger partial charge in [-0.2, -0.15) is 0 Å². The summed E-state index contributed by atoms with van der Waals surface area (Å²) in [5, 5.41) is 0. The fraction of sp³-hybridized carbons (Fsp3) is 0.125. The van der Waals surface area contributed by atoms with Gasteiger partial charge < -0.3 is 0 Å². The molecule has 0 bridgehead atoms. The molecule has 0 aliphatic carbocycles. The number of carbonyl (C=O) groups is 1. The summed E-state index contributed by atoms with van der Waals surface area (Å²) in [5.41, 5.74) is 1.03. The highest BCUT2D eigenvalue weighted by Gasteiger charge is 2.03. The van der Waals surface area contributed by atoms with Crippen LogP contribution < -0.4 is 0 Å². The number of benzene rings is 1. The lowest BCUT2D eigenvalue weighted by molar-refractivity contribution is 0.112. The van der Waals surface area contributed by atoms with Gasteiger partial charge in [0.1, 0.15) is 12.1 Å². The van der Waals surface area contributed by atoms with Crippen LogP contribution in [0.1, 0.15) is 15.9 Å². The average molecular weight is 264 g/mol. The van der Waals surface area contributed by atoms with Crippen molar-refractivity contribution in [2.24, 2.45) is 0 Å². The van der Waals surface area contributed by atoms with Crippen LogP contribution in [-0.2, 0) is 0 Å². The van der Waals surface area contributed by atoms with Gasteiger partial charge in [-0.25, -0.2) is 4.39 Å². The van der Waals surface area contributed by atoms with Crippen LogP contribution in [0.4, 0.5) is 4.39 Å². The van der Waals surface area contributed by atoms with Crippen molar-refractivity contribution >= 4 is 28.9 Å². The molecule has 0 heterocycles. The summed E-state index contributed by atoms with van der Waals surface area (Å²) < 4.78 is 13.4. The minimum absolute atomic E-state index is 0.240. The van der Waals surface area contributed by atoms with E-state index in [4.69, 9.17) is 0 Å². The van der Waals surface area contributed by atoms with Crippen LogP contribution in [0.15, 0.2) is 12.1 Å². The molecule has 0 saturated carbocycles. The van der Waals surface area contributed by atoms with Crippen LogP contribution >= 0.6 is 22.6 Å². The topological polar surface area (TPSA) is 17.1 Å². The Kier molecular flexibility index (Phi) is 2.59. The van der Waals surface area contributed by atoms with Gasteiger partial charge in [-0.15, -0.1) is 0 Å². The molecule has 0 atom stereocenters. The second kappa shape index (κ2) is 3.30. The van der Waals surface area contributed by atoms with Crippen LogP contribution in [0, 0.1) is 16.3 Å². The molecule has 3 heteroatoms. The molecular weight excluding hydrogens is 258 g/mol. The van der Waals surface area contributed by atoms with E-state index in [0.29, 0.717) is 21.0 Å². The number of aryl methyl sites for hydroxylation is 1. The SMILES string of the molecule is Cc1cc(C=O)cc(I)c1F. The summed E-state index contributed by atoms with van der Waals surface area (Å²) in [5.74, 6) is -0.240. The van der Waals surface area contributed by atoms with Crippen LogP contribution in [-0.4, -0.2) is 6.29 Å². The third-order valence-corrected chi connectivity index (χ3v) is 2.15. The van der Waals surface area contributed by atoms with E-state index in [1.54, 1.807) is 6.92 Å². The van der Waals surface area contributed by atoms with Crippen molar-refractivity contribution in [2.45, 2.75) is 6.92 Å². The Morgan fingerprint density at radius 2 is 2.18 bits per heavy atom. The average Bonchev–Trinajstić information content (AvgIpc) is 1.99. The predicted molar refractivity (Wildman–Crippen MR) is 49.2 cm³/mol. The Labute approximate surface area is 77.8 Å². The van der Waals surface area contributed by atoms with E-state index in [9.17, 15) is 9.18 Å². The monoisotopic (exact) mass is 264 g/mol. The number of hydrogen-bond donors (Lipinski definition) is 0.